The fourth-order valence-corrected chi connectivity index (χ4v) is 6.61. The number of pyridine rings is 1. The number of benzene rings is 2. The van der Waals surface area contributed by atoms with E-state index in [0.717, 1.165) is 48.1 Å². The Bertz CT molecular complexity index is 2070. The number of aromatic amines is 1. The molecule has 5 heterocycles. The smallest absolute Gasteiger partial charge is 0.279 e. The largest absolute Gasteiger partial charge is 0.392 e. The lowest BCUT2D eigenvalue weighted by atomic mass is 9.90. The molecule has 2 aromatic carbocycles. The maximum absolute atomic E-state index is 13.6. The van der Waals surface area contributed by atoms with Crippen molar-refractivity contribution in [2.75, 3.05) is 20.1 Å². The molecule has 0 radical (unpaired) electrons. The van der Waals surface area contributed by atoms with Crippen molar-refractivity contribution in [3.05, 3.63) is 100 Å². The molecule has 0 bridgehead atoms. The van der Waals surface area contributed by atoms with Crippen LogP contribution in [0.4, 0.5) is 0 Å². The topological polar surface area (TPSA) is 113 Å². The molecule has 2 aliphatic rings. The molecule has 4 aromatic heterocycles. The second kappa shape index (κ2) is 10.8. The maximum Gasteiger partial charge on any atom is 0.279 e. The lowest BCUT2D eigenvalue weighted by Gasteiger charge is -2.29. The van der Waals surface area contributed by atoms with Crippen LogP contribution in [0.25, 0.3) is 50.1 Å². The van der Waals surface area contributed by atoms with E-state index in [1.807, 2.05) is 42.6 Å². The number of piperidine rings is 1. The van der Waals surface area contributed by atoms with Crippen molar-refractivity contribution < 1.29 is 5.11 Å². The minimum absolute atomic E-state index is 0.219. The van der Waals surface area contributed by atoms with E-state index in [-0.39, 0.29) is 12.2 Å². The number of nitrogens with one attached hydrogen (secondary N) is 1. The molecule has 0 unspecified atom stereocenters. The molecule has 8 rings (SSSR count). The van der Waals surface area contributed by atoms with Gasteiger partial charge in [-0.3, -0.25) is 9.78 Å². The van der Waals surface area contributed by atoms with Crippen molar-refractivity contribution in [2.24, 2.45) is 0 Å². The van der Waals surface area contributed by atoms with Gasteiger partial charge in [0.05, 0.1) is 41.0 Å². The van der Waals surface area contributed by atoms with E-state index in [2.05, 4.69) is 50.2 Å². The van der Waals surface area contributed by atoms with Gasteiger partial charge >= 0.3 is 0 Å². The highest BCUT2D eigenvalue weighted by Crippen LogP contribution is 2.40. The molecule has 0 atom stereocenters. The maximum atomic E-state index is 13.6. The summed E-state index contributed by atoms with van der Waals surface area (Å²) in [5, 5.41) is 17.4. The second-order valence-electron chi connectivity index (χ2n) is 12.2. The number of fused-ring (bicyclic) bond motifs is 2. The summed E-state index contributed by atoms with van der Waals surface area (Å²) in [6, 6.07) is 17.9. The molecular formula is C35H33N7O2. The van der Waals surface area contributed by atoms with E-state index in [9.17, 15) is 9.90 Å². The van der Waals surface area contributed by atoms with E-state index in [4.69, 9.17) is 4.98 Å². The molecule has 9 heteroatoms. The summed E-state index contributed by atoms with van der Waals surface area (Å²) in [5.74, 6) is 1.14. The summed E-state index contributed by atoms with van der Waals surface area (Å²) in [4.78, 5) is 33.3. The summed E-state index contributed by atoms with van der Waals surface area (Å²) < 4.78 is 1.38. The van der Waals surface area contributed by atoms with Gasteiger partial charge in [0.2, 0.25) is 0 Å². The molecule has 0 spiro atoms. The van der Waals surface area contributed by atoms with Gasteiger partial charge in [-0.2, -0.15) is 9.78 Å². The first-order chi connectivity index (χ1) is 21.6. The van der Waals surface area contributed by atoms with Crippen LogP contribution >= 0.6 is 0 Å². The highest BCUT2D eigenvalue weighted by atomic mass is 16.3. The Hall–Kier alpha value is -4.73. The average molecular weight is 584 g/mol. The van der Waals surface area contributed by atoms with Gasteiger partial charge in [-0.1, -0.05) is 24.3 Å². The minimum atomic E-state index is -0.291. The number of aromatic nitrogens is 6. The van der Waals surface area contributed by atoms with Gasteiger partial charge in [-0.15, -0.1) is 0 Å². The summed E-state index contributed by atoms with van der Waals surface area (Å²) in [6.07, 6.45) is 9.95. The summed E-state index contributed by atoms with van der Waals surface area (Å²) in [5.41, 5.74) is 7.14. The average Bonchev–Trinajstić information content (AvgIpc) is 3.82. The fourth-order valence-electron chi connectivity index (χ4n) is 6.61. The summed E-state index contributed by atoms with van der Waals surface area (Å²) >= 11 is 0. The predicted octanol–water partition coefficient (Wildman–Crippen LogP) is 5.56. The standard InChI is InChI=1S/C35H33N7O2/c1-41-13-11-22(12-14-41)24-8-10-30(36-17-24)31-16-28-33(37-20-38-34(28)40-31)27-3-2-4-32(29(27)19-43)42-35(44)26-9-7-23(21-5-6-21)15-25(26)18-39-42/h2-4,7-10,15-18,20-22,43H,5-6,11-14,19H2,1H3,(H,37,38,40). The van der Waals surface area contributed by atoms with Crippen molar-refractivity contribution in [1.29, 1.82) is 0 Å². The number of rotatable bonds is 6. The van der Waals surface area contributed by atoms with Crippen LogP contribution in [0.1, 0.15) is 54.2 Å². The zero-order valence-corrected chi connectivity index (χ0v) is 24.6. The number of hydrogen-bond donors (Lipinski definition) is 2. The molecule has 1 aliphatic carbocycles. The third-order valence-electron chi connectivity index (χ3n) is 9.33. The van der Waals surface area contributed by atoms with Gasteiger partial charge < -0.3 is 15.0 Å². The minimum Gasteiger partial charge on any atom is -0.392 e. The Balaban J connectivity index is 1.17. The molecule has 1 aliphatic heterocycles. The van der Waals surface area contributed by atoms with Crippen LogP contribution in [0.15, 0.2) is 78.1 Å². The monoisotopic (exact) mass is 583 g/mol. The van der Waals surface area contributed by atoms with Crippen molar-refractivity contribution in [3.63, 3.8) is 0 Å². The molecule has 220 valence electrons. The molecule has 0 amide bonds. The van der Waals surface area contributed by atoms with E-state index in [1.54, 1.807) is 6.20 Å². The number of aliphatic hydroxyl groups is 1. The van der Waals surface area contributed by atoms with Gasteiger partial charge in [0.1, 0.15) is 12.0 Å². The van der Waals surface area contributed by atoms with E-state index in [0.29, 0.717) is 45.4 Å². The van der Waals surface area contributed by atoms with Gasteiger partial charge in [-0.25, -0.2) is 9.97 Å². The molecule has 2 fully saturated rings. The number of aliphatic hydroxyl groups excluding tert-OH is 1. The van der Waals surface area contributed by atoms with Crippen LogP contribution in [0.3, 0.4) is 0 Å². The number of H-pyrrole nitrogens is 1. The van der Waals surface area contributed by atoms with Crippen LogP contribution in [0.2, 0.25) is 0 Å². The van der Waals surface area contributed by atoms with Crippen molar-refractivity contribution >= 4 is 21.8 Å². The first kappa shape index (κ1) is 26.9. The zero-order chi connectivity index (χ0) is 29.8. The number of hydrogen-bond acceptors (Lipinski definition) is 7. The summed E-state index contributed by atoms with van der Waals surface area (Å²) in [7, 11) is 2.17. The van der Waals surface area contributed by atoms with E-state index < -0.39 is 0 Å². The van der Waals surface area contributed by atoms with Crippen LogP contribution < -0.4 is 5.56 Å². The summed E-state index contributed by atoms with van der Waals surface area (Å²) in [6.45, 7) is 1.93. The highest BCUT2D eigenvalue weighted by Gasteiger charge is 2.24. The molecular weight excluding hydrogens is 550 g/mol. The molecule has 9 nitrogen and oxygen atoms in total. The number of nitrogens with zero attached hydrogens (tertiary/aromatic N) is 6. The van der Waals surface area contributed by atoms with E-state index in [1.165, 1.54) is 35.0 Å². The Morgan fingerprint density at radius 3 is 2.48 bits per heavy atom. The SMILES string of the molecule is CN1CCC(c2ccc(-c3cc4c(-c5cccc(-n6ncc7cc(C8CC8)ccc7c6=O)c5CO)ncnc4[nH]3)nc2)CC1. The van der Waals surface area contributed by atoms with Crippen LogP contribution in [0.5, 0.6) is 0 Å². The highest BCUT2D eigenvalue weighted by molar-refractivity contribution is 5.95. The van der Waals surface area contributed by atoms with Gasteiger partial charge in [0.25, 0.3) is 5.56 Å². The van der Waals surface area contributed by atoms with Crippen LogP contribution in [-0.4, -0.2) is 59.9 Å². The lowest BCUT2D eigenvalue weighted by Crippen LogP contribution is -2.29. The van der Waals surface area contributed by atoms with Gasteiger partial charge in [-0.05, 0) is 99.1 Å². The lowest BCUT2D eigenvalue weighted by molar-refractivity contribution is 0.255. The van der Waals surface area contributed by atoms with Gasteiger partial charge in [0, 0.05) is 28.1 Å². The van der Waals surface area contributed by atoms with Crippen molar-refractivity contribution in [1.82, 2.24) is 34.6 Å². The van der Waals surface area contributed by atoms with Crippen molar-refractivity contribution in [2.45, 2.75) is 44.1 Å². The molecule has 1 saturated carbocycles. The second-order valence-corrected chi connectivity index (χ2v) is 12.2. The first-order valence-electron chi connectivity index (χ1n) is 15.3. The Labute approximate surface area is 254 Å². The van der Waals surface area contributed by atoms with E-state index >= 15 is 0 Å². The predicted molar refractivity (Wildman–Crippen MR) is 171 cm³/mol. The molecule has 6 aromatic rings. The Morgan fingerprint density at radius 2 is 1.70 bits per heavy atom. The van der Waals surface area contributed by atoms with Crippen molar-refractivity contribution in [3.8, 4) is 28.3 Å². The third-order valence-corrected chi connectivity index (χ3v) is 9.33. The third kappa shape index (κ3) is 4.69. The Kier molecular flexibility index (Phi) is 6.57. The molecule has 44 heavy (non-hydrogen) atoms. The molecule has 1 saturated heterocycles. The Morgan fingerprint density at radius 1 is 0.886 bits per heavy atom. The zero-order valence-electron chi connectivity index (χ0n) is 24.6. The van der Waals surface area contributed by atoms with Gasteiger partial charge in [0.15, 0.2) is 0 Å². The van der Waals surface area contributed by atoms with Crippen LogP contribution in [-0.2, 0) is 6.61 Å². The first-order valence-corrected chi connectivity index (χ1v) is 15.3. The fraction of sp³-hybridized carbons (Fsp3) is 0.286. The van der Waals surface area contributed by atoms with Crippen LogP contribution in [0, 0.1) is 0 Å². The number of likely N-dealkylation sites (tertiary alicyclic amines) is 1. The quantitative estimate of drug-likeness (QED) is 0.264. The normalized spacial score (nSPS) is 16.2. The molecule has 2 N–H and O–H groups in total.